The van der Waals surface area contributed by atoms with Gasteiger partial charge in [-0.15, -0.1) is 0 Å². The number of aliphatic hydroxyl groups excluding tert-OH is 10. The zero-order valence-corrected chi connectivity index (χ0v) is 42.5. The minimum absolute atomic E-state index is 0.118. The van der Waals surface area contributed by atoms with Gasteiger partial charge in [0.2, 0.25) is 11.8 Å². The maximum absolute atomic E-state index is 13.6. The highest BCUT2D eigenvalue weighted by Crippen LogP contribution is 2.38. The van der Waals surface area contributed by atoms with E-state index in [0.717, 1.165) is 0 Å². The zero-order valence-electron chi connectivity index (χ0n) is 42.5. The number of amides is 2. The zero-order chi connectivity index (χ0) is 54.3. The van der Waals surface area contributed by atoms with Crippen molar-refractivity contribution in [1.29, 1.82) is 0 Å². The van der Waals surface area contributed by atoms with Crippen LogP contribution < -0.4 is 16.0 Å². The largest absolute Gasteiger partial charge is 0.462 e. The van der Waals surface area contributed by atoms with E-state index < -0.39 is 159 Å². The van der Waals surface area contributed by atoms with Crippen molar-refractivity contribution in [2.75, 3.05) is 26.7 Å². The van der Waals surface area contributed by atoms with Crippen LogP contribution in [0.25, 0.3) is 0 Å². The molecule has 0 aliphatic carbocycles. The van der Waals surface area contributed by atoms with E-state index in [2.05, 4.69) is 16.0 Å². The number of fused-ring (bicyclic) bond motifs is 2. The Labute approximate surface area is 428 Å². The standard InChI is InChI=1S/C52H83N3O18/c1-31-18-16-14-12-10-8-6-7-9-11-13-15-17-19-38(72-51-49(67)46(48(66)34(4)71-51)55-43(63)30-53-5)27-42-45(50(68)54-22-23-56)41(62)29-52(69,73-42)28-37(59)25-40(61)39(60)21-20-35(57)24-36(58)26-44(64)70-33(3)32(2)47(31)65/h6-19,31-42,45-49,51,53,56-62,65-67,69H,20-30H2,1-5H3,(H,54,68)(H,55,63)/b7-6-,10-8-,11-9-,14-12-,15-13-,18-16-,19-17+/t31-,32-,33-,34+,35+,36+,37-,38-,39+,40+,41-,42-,45+,46-,47+,48+,49-,51-,52+/m0/s1. The maximum Gasteiger partial charge on any atom is 0.308 e. The van der Waals surface area contributed by atoms with Crippen LogP contribution in [0.4, 0.5) is 0 Å². The number of hydrogen-bond acceptors (Lipinski definition) is 19. The van der Waals surface area contributed by atoms with Gasteiger partial charge in [0.25, 0.3) is 0 Å². The molecule has 0 aromatic carbocycles. The third-order valence-electron chi connectivity index (χ3n) is 13.1. The number of likely N-dealkylation sites (N-methyl/N-ethyl adjacent to an activating group) is 1. The van der Waals surface area contributed by atoms with Crippen molar-refractivity contribution < 1.29 is 89.5 Å². The Morgan fingerprint density at radius 2 is 1.30 bits per heavy atom. The first kappa shape index (κ1) is 63.3. The Bertz CT molecular complexity index is 1880. The molecule has 414 valence electrons. The number of aliphatic hydroxyl groups is 11. The molecule has 2 fully saturated rings. The summed E-state index contributed by atoms with van der Waals surface area (Å²) in [4.78, 5) is 38.8. The van der Waals surface area contributed by atoms with Crippen LogP contribution in [-0.4, -0.2) is 198 Å². The fourth-order valence-corrected chi connectivity index (χ4v) is 8.82. The van der Waals surface area contributed by atoms with E-state index in [4.69, 9.17) is 18.9 Å². The highest BCUT2D eigenvalue weighted by atomic mass is 16.7. The Morgan fingerprint density at radius 3 is 1.90 bits per heavy atom. The van der Waals surface area contributed by atoms with Crippen LogP contribution in [0.2, 0.25) is 0 Å². The summed E-state index contributed by atoms with van der Waals surface area (Å²) in [7, 11) is 1.55. The van der Waals surface area contributed by atoms with Gasteiger partial charge in [0.15, 0.2) is 12.1 Å². The number of allylic oxidation sites excluding steroid dienone is 12. The monoisotopic (exact) mass is 1040 g/mol. The van der Waals surface area contributed by atoms with Crippen molar-refractivity contribution in [3.8, 4) is 0 Å². The predicted octanol–water partition coefficient (Wildman–Crippen LogP) is -0.887. The van der Waals surface area contributed by atoms with Gasteiger partial charge < -0.3 is 91.1 Å². The fraction of sp³-hybridized carbons (Fsp3) is 0.673. The number of carbonyl (C=O) groups excluding carboxylic acids is 3. The number of ether oxygens (including phenoxy) is 4. The molecule has 73 heavy (non-hydrogen) atoms. The summed E-state index contributed by atoms with van der Waals surface area (Å²) in [6.07, 6.45) is 3.00. The van der Waals surface area contributed by atoms with E-state index in [1.165, 1.54) is 13.0 Å². The number of hydrogen-bond donors (Lipinski definition) is 14. The molecule has 0 saturated carbocycles. The van der Waals surface area contributed by atoms with E-state index in [0.29, 0.717) is 0 Å². The minimum Gasteiger partial charge on any atom is -0.462 e. The number of nitrogens with one attached hydrogen (secondary N) is 3. The lowest BCUT2D eigenvalue weighted by Gasteiger charge is -2.46. The number of carbonyl (C=O) groups is 3. The first-order valence-electron chi connectivity index (χ1n) is 25.1. The van der Waals surface area contributed by atoms with Crippen LogP contribution in [0.1, 0.15) is 79.1 Å². The molecule has 14 N–H and O–H groups in total. The van der Waals surface area contributed by atoms with E-state index >= 15 is 0 Å². The Kier molecular flexibility index (Phi) is 28.1. The highest BCUT2D eigenvalue weighted by molar-refractivity contribution is 5.80. The second-order valence-corrected chi connectivity index (χ2v) is 19.3. The molecule has 3 aliphatic heterocycles. The fourth-order valence-electron chi connectivity index (χ4n) is 8.82. The van der Waals surface area contributed by atoms with Gasteiger partial charge in [0.1, 0.15) is 18.3 Å². The van der Waals surface area contributed by atoms with Gasteiger partial charge in [-0.3, -0.25) is 14.4 Å². The lowest BCUT2D eigenvalue weighted by atomic mass is 9.82. The molecular formula is C52H83N3O18. The summed E-state index contributed by atoms with van der Waals surface area (Å²) in [5.41, 5.74) is 0. The Morgan fingerprint density at radius 1 is 0.699 bits per heavy atom. The first-order valence-corrected chi connectivity index (χ1v) is 25.1. The van der Waals surface area contributed by atoms with Gasteiger partial charge in [-0.2, -0.15) is 0 Å². The molecule has 21 heteroatoms. The normalized spacial score (nSPS) is 41.7. The SMILES string of the molecule is CNCC(=O)N[C@@H]1[C@H](O)[C@H](O[C@H]2/C=C/C=C\C=C/C=C\C=C/C=C\C=C/[C@H](C)[C@@H](O)[C@@H](C)[C@H](C)OC(=O)C[C@H](O)C[C@H](O)CC[C@@H](O)[C@H](O)C[C@H](O)C[C@]3(O)C[C@H](O)[C@@H](C(=O)NCCO)[C@H](C2)O3)O[C@H](C)[C@H]1O. The van der Waals surface area contributed by atoms with Crippen molar-refractivity contribution in [1.82, 2.24) is 16.0 Å². The summed E-state index contributed by atoms with van der Waals surface area (Å²) >= 11 is 0. The summed E-state index contributed by atoms with van der Waals surface area (Å²) in [5, 5.41) is 128. The lowest BCUT2D eigenvalue weighted by Crippen LogP contribution is -2.64. The van der Waals surface area contributed by atoms with Gasteiger partial charge in [0, 0.05) is 44.1 Å². The van der Waals surface area contributed by atoms with Gasteiger partial charge in [0.05, 0.1) is 92.6 Å². The van der Waals surface area contributed by atoms with Crippen molar-refractivity contribution in [2.24, 2.45) is 17.8 Å². The van der Waals surface area contributed by atoms with Gasteiger partial charge in [-0.25, -0.2) is 0 Å². The van der Waals surface area contributed by atoms with Crippen molar-refractivity contribution in [3.05, 3.63) is 85.1 Å². The molecule has 2 bridgehead atoms. The van der Waals surface area contributed by atoms with Crippen LogP contribution in [0, 0.1) is 17.8 Å². The molecule has 0 aromatic rings. The van der Waals surface area contributed by atoms with Crippen LogP contribution in [-0.2, 0) is 33.3 Å². The summed E-state index contributed by atoms with van der Waals surface area (Å²) in [5.74, 6) is -6.49. The average molecular weight is 1040 g/mol. The van der Waals surface area contributed by atoms with Gasteiger partial charge in [-0.05, 0) is 40.2 Å². The number of esters is 1. The minimum atomic E-state index is -2.34. The first-order chi connectivity index (χ1) is 34.6. The molecule has 0 aromatic heterocycles. The summed E-state index contributed by atoms with van der Waals surface area (Å²) in [6, 6.07) is -1.24. The average Bonchev–Trinajstić information content (AvgIpc) is 3.31. The topological polar surface area (TPSA) is 347 Å². The molecule has 0 spiro atoms. The molecule has 2 saturated heterocycles. The van der Waals surface area contributed by atoms with E-state index in [1.807, 2.05) is 13.0 Å². The van der Waals surface area contributed by atoms with Crippen LogP contribution in [0.5, 0.6) is 0 Å². The van der Waals surface area contributed by atoms with Gasteiger partial charge >= 0.3 is 5.97 Å². The number of cyclic esters (lactones) is 1. The van der Waals surface area contributed by atoms with E-state index in [9.17, 15) is 70.6 Å². The summed E-state index contributed by atoms with van der Waals surface area (Å²) < 4.78 is 23.8. The van der Waals surface area contributed by atoms with E-state index in [1.54, 1.807) is 93.8 Å². The molecular weight excluding hydrogens is 955 g/mol. The molecule has 19 atom stereocenters. The van der Waals surface area contributed by atoms with E-state index in [-0.39, 0.29) is 44.7 Å². The van der Waals surface area contributed by atoms with Crippen molar-refractivity contribution in [3.63, 3.8) is 0 Å². The van der Waals surface area contributed by atoms with Gasteiger partial charge in [-0.1, -0.05) is 98.9 Å². The number of rotatable bonds is 8. The molecule has 0 unspecified atom stereocenters. The quantitative estimate of drug-likeness (QED) is 0.131. The maximum atomic E-state index is 13.6. The third kappa shape index (κ3) is 22.0. The highest BCUT2D eigenvalue weighted by Gasteiger charge is 2.51. The van der Waals surface area contributed by atoms with Crippen LogP contribution in [0.15, 0.2) is 85.1 Å². The third-order valence-corrected chi connectivity index (χ3v) is 13.1. The Balaban J connectivity index is 1.96. The van der Waals surface area contributed by atoms with Crippen molar-refractivity contribution in [2.45, 2.75) is 177 Å². The van der Waals surface area contributed by atoms with Crippen LogP contribution >= 0.6 is 0 Å². The smallest absolute Gasteiger partial charge is 0.308 e. The summed E-state index contributed by atoms with van der Waals surface area (Å²) in [6.45, 7) is 5.98. The predicted molar refractivity (Wildman–Crippen MR) is 267 cm³/mol. The molecule has 3 heterocycles. The molecule has 21 nitrogen and oxygen atoms in total. The lowest BCUT2D eigenvalue weighted by molar-refractivity contribution is -0.307. The molecule has 0 radical (unpaired) electrons. The molecule has 2 amide bonds. The van der Waals surface area contributed by atoms with Crippen molar-refractivity contribution >= 4 is 17.8 Å². The second-order valence-electron chi connectivity index (χ2n) is 19.3. The Hall–Kier alpha value is -4.01. The molecule has 3 aliphatic rings. The van der Waals surface area contributed by atoms with Crippen LogP contribution in [0.3, 0.4) is 0 Å². The molecule has 3 rings (SSSR count). The second kappa shape index (κ2) is 32.4.